The van der Waals surface area contributed by atoms with Crippen molar-refractivity contribution in [3.8, 4) is 0 Å². The lowest BCUT2D eigenvalue weighted by atomic mass is 10.2. The van der Waals surface area contributed by atoms with Crippen molar-refractivity contribution in [2.45, 2.75) is 6.92 Å². The summed E-state index contributed by atoms with van der Waals surface area (Å²) in [4.78, 5) is 11.5. The second kappa shape index (κ2) is 6.96. The molecule has 2 N–H and O–H groups in total. The van der Waals surface area contributed by atoms with E-state index in [4.69, 9.17) is 4.74 Å². The van der Waals surface area contributed by atoms with Crippen LogP contribution in [0.15, 0.2) is 53.0 Å². The number of anilines is 3. The van der Waals surface area contributed by atoms with Crippen molar-refractivity contribution in [2.75, 3.05) is 17.2 Å². The molecule has 4 nitrogen and oxygen atoms in total. The average molecular weight is 335 g/mol. The van der Waals surface area contributed by atoms with E-state index >= 15 is 0 Å². The van der Waals surface area contributed by atoms with Gasteiger partial charge in [0.05, 0.1) is 18.0 Å². The number of ether oxygens (including phenoxy) is 1. The first-order chi connectivity index (χ1) is 9.69. The Balaban J connectivity index is 2.15. The van der Waals surface area contributed by atoms with Crippen LogP contribution in [0.3, 0.4) is 0 Å². The number of hydrogen-bond acceptors (Lipinski definition) is 3. The van der Waals surface area contributed by atoms with E-state index < -0.39 is 6.09 Å². The van der Waals surface area contributed by atoms with Gasteiger partial charge in [0.1, 0.15) is 0 Å². The lowest BCUT2D eigenvalue weighted by molar-refractivity contribution is 0.168. The van der Waals surface area contributed by atoms with Gasteiger partial charge < -0.3 is 10.1 Å². The Bertz CT molecular complexity index is 585. The first-order valence-electron chi connectivity index (χ1n) is 6.24. The van der Waals surface area contributed by atoms with Crippen LogP contribution in [0.1, 0.15) is 6.92 Å². The maximum Gasteiger partial charge on any atom is 0.411 e. The Morgan fingerprint density at radius 3 is 2.40 bits per heavy atom. The number of benzene rings is 2. The SMILES string of the molecule is CCOC(=O)Nc1ccccc1Nc1ccc(Br)cc1. The molecule has 0 unspecified atom stereocenters. The van der Waals surface area contributed by atoms with Gasteiger partial charge >= 0.3 is 6.09 Å². The highest BCUT2D eigenvalue weighted by molar-refractivity contribution is 9.10. The van der Waals surface area contributed by atoms with Crippen molar-refractivity contribution in [3.63, 3.8) is 0 Å². The molecule has 0 spiro atoms. The monoisotopic (exact) mass is 334 g/mol. The van der Waals surface area contributed by atoms with Gasteiger partial charge in [-0.25, -0.2) is 4.79 Å². The maximum atomic E-state index is 11.5. The molecule has 0 aliphatic carbocycles. The minimum Gasteiger partial charge on any atom is -0.450 e. The third-order valence-electron chi connectivity index (χ3n) is 2.56. The molecule has 0 radical (unpaired) electrons. The van der Waals surface area contributed by atoms with Crippen LogP contribution in [0.2, 0.25) is 0 Å². The van der Waals surface area contributed by atoms with Crippen molar-refractivity contribution >= 4 is 39.1 Å². The zero-order chi connectivity index (χ0) is 14.4. The fraction of sp³-hybridized carbons (Fsp3) is 0.133. The van der Waals surface area contributed by atoms with Gasteiger partial charge in [-0.2, -0.15) is 0 Å². The number of carbonyl (C=O) groups is 1. The van der Waals surface area contributed by atoms with Crippen LogP contribution < -0.4 is 10.6 Å². The highest BCUT2D eigenvalue weighted by Crippen LogP contribution is 2.26. The lowest BCUT2D eigenvalue weighted by Gasteiger charge is -2.13. The molecule has 0 heterocycles. The van der Waals surface area contributed by atoms with E-state index in [0.717, 1.165) is 15.8 Å². The number of hydrogen-bond donors (Lipinski definition) is 2. The molecule has 0 aromatic heterocycles. The third kappa shape index (κ3) is 3.99. The fourth-order valence-corrected chi connectivity index (χ4v) is 1.93. The van der Waals surface area contributed by atoms with E-state index in [1.165, 1.54) is 0 Å². The smallest absolute Gasteiger partial charge is 0.411 e. The third-order valence-corrected chi connectivity index (χ3v) is 3.09. The number of nitrogens with one attached hydrogen (secondary N) is 2. The van der Waals surface area contributed by atoms with E-state index in [0.29, 0.717) is 12.3 Å². The second-order valence-electron chi connectivity index (χ2n) is 4.02. The molecular formula is C15H15BrN2O2. The Hall–Kier alpha value is -2.01. The first-order valence-corrected chi connectivity index (χ1v) is 7.03. The van der Waals surface area contributed by atoms with Crippen molar-refractivity contribution in [3.05, 3.63) is 53.0 Å². The van der Waals surface area contributed by atoms with E-state index in [9.17, 15) is 4.79 Å². The molecule has 20 heavy (non-hydrogen) atoms. The van der Waals surface area contributed by atoms with Crippen molar-refractivity contribution < 1.29 is 9.53 Å². The summed E-state index contributed by atoms with van der Waals surface area (Å²) < 4.78 is 5.90. The highest BCUT2D eigenvalue weighted by atomic mass is 79.9. The quantitative estimate of drug-likeness (QED) is 0.847. The van der Waals surface area contributed by atoms with Gasteiger partial charge in [-0.1, -0.05) is 28.1 Å². The van der Waals surface area contributed by atoms with Gasteiger partial charge in [-0.15, -0.1) is 0 Å². The molecule has 0 saturated carbocycles. The Morgan fingerprint density at radius 2 is 1.75 bits per heavy atom. The molecule has 0 bridgehead atoms. The average Bonchev–Trinajstić information content (AvgIpc) is 2.44. The van der Waals surface area contributed by atoms with E-state index in [-0.39, 0.29) is 0 Å². The van der Waals surface area contributed by atoms with Gasteiger partial charge in [0.25, 0.3) is 0 Å². The summed E-state index contributed by atoms with van der Waals surface area (Å²) in [6.07, 6.45) is -0.461. The van der Waals surface area contributed by atoms with Gasteiger partial charge in [0.15, 0.2) is 0 Å². The minimum atomic E-state index is -0.461. The van der Waals surface area contributed by atoms with E-state index in [1.54, 1.807) is 6.92 Å². The molecule has 1 amide bonds. The molecule has 0 fully saturated rings. The minimum absolute atomic E-state index is 0.341. The summed E-state index contributed by atoms with van der Waals surface area (Å²) in [6, 6.07) is 15.3. The number of halogens is 1. The predicted molar refractivity (Wildman–Crippen MR) is 84.5 cm³/mol. The molecule has 5 heteroatoms. The standard InChI is InChI=1S/C15H15BrN2O2/c1-2-20-15(19)18-14-6-4-3-5-13(14)17-12-9-7-11(16)8-10-12/h3-10,17H,2H2,1H3,(H,18,19). The van der Waals surface area contributed by atoms with E-state index in [1.807, 2.05) is 48.5 Å². The summed E-state index contributed by atoms with van der Waals surface area (Å²) >= 11 is 3.39. The van der Waals surface area contributed by atoms with Crippen LogP contribution >= 0.6 is 15.9 Å². The topological polar surface area (TPSA) is 50.4 Å². The van der Waals surface area contributed by atoms with Crippen LogP contribution in [0, 0.1) is 0 Å². The summed E-state index contributed by atoms with van der Waals surface area (Å²) in [7, 11) is 0. The molecule has 2 aromatic carbocycles. The summed E-state index contributed by atoms with van der Waals surface area (Å²) in [6.45, 7) is 2.11. The number of amides is 1. The Kier molecular flexibility index (Phi) is 5.01. The molecule has 104 valence electrons. The molecule has 0 saturated heterocycles. The zero-order valence-electron chi connectivity index (χ0n) is 11.0. The predicted octanol–water partition coefficient (Wildman–Crippen LogP) is 4.76. The van der Waals surface area contributed by atoms with Gasteiger partial charge in [-0.05, 0) is 43.3 Å². The van der Waals surface area contributed by atoms with Crippen molar-refractivity contribution in [2.24, 2.45) is 0 Å². The van der Waals surface area contributed by atoms with Crippen LogP contribution in [0.5, 0.6) is 0 Å². The summed E-state index contributed by atoms with van der Waals surface area (Å²) in [5.41, 5.74) is 2.42. The zero-order valence-corrected chi connectivity index (χ0v) is 12.6. The second-order valence-corrected chi connectivity index (χ2v) is 4.94. The molecule has 2 rings (SSSR count). The maximum absolute atomic E-state index is 11.5. The largest absolute Gasteiger partial charge is 0.450 e. The van der Waals surface area contributed by atoms with Crippen molar-refractivity contribution in [1.29, 1.82) is 0 Å². The Labute approximate surface area is 126 Å². The summed E-state index contributed by atoms with van der Waals surface area (Å²) in [5.74, 6) is 0. The first kappa shape index (κ1) is 14.4. The van der Waals surface area contributed by atoms with Crippen LogP contribution in [-0.2, 0) is 4.74 Å². The molecular weight excluding hydrogens is 320 g/mol. The summed E-state index contributed by atoms with van der Waals surface area (Å²) in [5, 5.41) is 5.97. The van der Waals surface area contributed by atoms with Gasteiger partial charge in [0, 0.05) is 10.2 Å². The van der Waals surface area contributed by atoms with Gasteiger partial charge in [-0.3, -0.25) is 5.32 Å². The number of carbonyl (C=O) groups excluding carboxylic acids is 1. The number of rotatable bonds is 4. The molecule has 0 atom stereocenters. The number of para-hydroxylation sites is 2. The fourth-order valence-electron chi connectivity index (χ4n) is 1.67. The Morgan fingerprint density at radius 1 is 1.10 bits per heavy atom. The molecule has 0 aliphatic rings. The van der Waals surface area contributed by atoms with Crippen LogP contribution in [0.4, 0.5) is 21.9 Å². The van der Waals surface area contributed by atoms with E-state index in [2.05, 4.69) is 26.6 Å². The normalized spacial score (nSPS) is 9.90. The highest BCUT2D eigenvalue weighted by Gasteiger charge is 2.06. The van der Waals surface area contributed by atoms with Crippen LogP contribution in [-0.4, -0.2) is 12.7 Å². The molecule has 2 aromatic rings. The van der Waals surface area contributed by atoms with Crippen molar-refractivity contribution in [1.82, 2.24) is 0 Å². The van der Waals surface area contributed by atoms with Crippen LogP contribution in [0.25, 0.3) is 0 Å². The van der Waals surface area contributed by atoms with Gasteiger partial charge in [0.2, 0.25) is 0 Å². The lowest BCUT2D eigenvalue weighted by Crippen LogP contribution is -2.14. The molecule has 0 aliphatic heterocycles.